The van der Waals surface area contributed by atoms with E-state index in [4.69, 9.17) is 16.3 Å². The standard InChI is InChI=1S/C11H16ClN3O2/c1-2-14-4-3-13-10(11(14)16)15-5-6-17-9(7-12)8-15/h3-4,9H,2,5-8H2,1H3. The average molecular weight is 258 g/mol. The molecule has 1 aromatic rings. The number of morpholine rings is 1. The van der Waals surface area contributed by atoms with Crippen LogP contribution in [0.2, 0.25) is 0 Å². The molecule has 6 heteroatoms. The topological polar surface area (TPSA) is 47.4 Å². The molecule has 1 saturated heterocycles. The SMILES string of the molecule is CCn1ccnc(N2CCOC(CCl)C2)c1=O. The van der Waals surface area contributed by atoms with E-state index in [1.807, 2.05) is 11.8 Å². The van der Waals surface area contributed by atoms with E-state index in [1.165, 1.54) is 0 Å². The monoisotopic (exact) mass is 257 g/mol. The van der Waals surface area contributed by atoms with Gasteiger partial charge in [0.15, 0.2) is 5.82 Å². The van der Waals surface area contributed by atoms with E-state index < -0.39 is 0 Å². The third-order valence-electron chi connectivity index (χ3n) is 2.85. The van der Waals surface area contributed by atoms with E-state index in [-0.39, 0.29) is 11.7 Å². The van der Waals surface area contributed by atoms with Crippen LogP contribution < -0.4 is 10.5 Å². The van der Waals surface area contributed by atoms with Crippen LogP contribution in [0.1, 0.15) is 6.92 Å². The largest absolute Gasteiger partial charge is 0.373 e. The lowest BCUT2D eigenvalue weighted by molar-refractivity contribution is 0.0550. The average Bonchev–Trinajstić information content (AvgIpc) is 2.39. The Morgan fingerprint density at radius 1 is 1.65 bits per heavy atom. The molecule has 2 heterocycles. The highest BCUT2D eigenvalue weighted by Crippen LogP contribution is 2.11. The molecule has 1 aliphatic heterocycles. The number of hydrogen-bond acceptors (Lipinski definition) is 4. The highest BCUT2D eigenvalue weighted by molar-refractivity contribution is 6.18. The van der Waals surface area contributed by atoms with Crippen molar-refractivity contribution in [2.75, 3.05) is 30.5 Å². The number of anilines is 1. The molecule has 0 N–H and O–H groups in total. The third-order valence-corrected chi connectivity index (χ3v) is 3.19. The lowest BCUT2D eigenvalue weighted by atomic mass is 10.3. The van der Waals surface area contributed by atoms with Gasteiger partial charge in [-0.1, -0.05) is 0 Å². The first kappa shape index (κ1) is 12.4. The Hall–Kier alpha value is -1.07. The molecule has 17 heavy (non-hydrogen) atoms. The lowest BCUT2D eigenvalue weighted by Gasteiger charge is -2.32. The number of hydrogen-bond donors (Lipinski definition) is 0. The minimum Gasteiger partial charge on any atom is -0.373 e. The fourth-order valence-electron chi connectivity index (χ4n) is 1.91. The van der Waals surface area contributed by atoms with E-state index in [9.17, 15) is 4.79 Å². The predicted octanol–water partition coefficient (Wildman–Crippen LogP) is 0.707. The molecular formula is C11H16ClN3O2. The molecule has 0 bridgehead atoms. The number of aromatic nitrogens is 2. The summed E-state index contributed by atoms with van der Waals surface area (Å²) in [6.45, 7) is 4.48. The van der Waals surface area contributed by atoms with Gasteiger partial charge >= 0.3 is 0 Å². The van der Waals surface area contributed by atoms with Gasteiger partial charge in [0.05, 0.1) is 18.6 Å². The van der Waals surface area contributed by atoms with Crippen LogP contribution in [0.3, 0.4) is 0 Å². The number of nitrogens with zero attached hydrogens (tertiary/aromatic N) is 3. The molecular weight excluding hydrogens is 242 g/mol. The molecule has 94 valence electrons. The summed E-state index contributed by atoms with van der Waals surface area (Å²) >= 11 is 5.78. The fraction of sp³-hybridized carbons (Fsp3) is 0.636. The number of rotatable bonds is 3. The zero-order chi connectivity index (χ0) is 12.3. The van der Waals surface area contributed by atoms with Crippen LogP contribution >= 0.6 is 11.6 Å². The number of ether oxygens (including phenoxy) is 1. The molecule has 5 nitrogen and oxygen atoms in total. The van der Waals surface area contributed by atoms with Gasteiger partial charge in [0, 0.05) is 32.0 Å². The van der Waals surface area contributed by atoms with Crippen LogP contribution in [0.5, 0.6) is 0 Å². The van der Waals surface area contributed by atoms with Gasteiger partial charge in [0.2, 0.25) is 0 Å². The van der Waals surface area contributed by atoms with Crippen molar-refractivity contribution in [3.05, 3.63) is 22.7 Å². The van der Waals surface area contributed by atoms with Gasteiger partial charge in [0.25, 0.3) is 5.56 Å². The van der Waals surface area contributed by atoms with Crippen molar-refractivity contribution in [2.24, 2.45) is 0 Å². The number of aryl methyl sites for hydroxylation is 1. The second kappa shape index (κ2) is 5.51. The van der Waals surface area contributed by atoms with Crippen molar-refractivity contribution >= 4 is 17.4 Å². The highest BCUT2D eigenvalue weighted by atomic mass is 35.5. The summed E-state index contributed by atoms with van der Waals surface area (Å²) in [4.78, 5) is 18.2. The van der Waals surface area contributed by atoms with E-state index >= 15 is 0 Å². The molecule has 2 rings (SSSR count). The first-order chi connectivity index (χ1) is 8.26. The second-order valence-electron chi connectivity index (χ2n) is 3.94. The van der Waals surface area contributed by atoms with Gasteiger partial charge in [0.1, 0.15) is 0 Å². The van der Waals surface area contributed by atoms with Crippen molar-refractivity contribution in [3.8, 4) is 0 Å². The van der Waals surface area contributed by atoms with Gasteiger partial charge in [-0.3, -0.25) is 4.79 Å². The van der Waals surface area contributed by atoms with Crippen molar-refractivity contribution < 1.29 is 4.74 Å². The summed E-state index contributed by atoms with van der Waals surface area (Å²) < 4.78 is 7.11. The molecule has 0 saturated carbocycles. The molecule has 1 aromatic heterocycles. The van der Waals surface area contributed by atoms with Crippen LogP contribution in [0.4, 0.5) is 5.82 Å². The van der Waals surface area contributed by atoms with Crippen LogP contribution in [0.15, 0.2) is 17.2 Å². The minimum absolute atomic E-state index is 0.0260. The van der Waals surface area contributed by atoms with Gasteiger partial charge in [-0.2, -0.15) is 0 Å². The van der Waals surface area contributed by atoms with Crippen LogP contribution in [0.25, 0.3) is 0 Å². The first-order valence-corrected chi connectivity index (χ1v) is 6.27. The molecule has 1 fully saturated rings. The van der Waals surface area contributed by atoms with Crippen molar-refractivity contribution in [2.45, 2.75) is 19.6 Å². The maximum absolute atomic E-state index is 12.1. The fourth-order valence-corrected chi connectivity index (χ4v) is 2.09. The van der Waals surface area contributed by atoms with Crippen molar-refractivity contribution in [1.82, 2.24) is 9.55 Å². The highest BCUT2D eigenvalue weighted by Gasteiger charge is 2.22. The van der Waals surface area contributed by atoms with Crippen molar-refractivity contribution in [3.63, 3.8) is 0 Å². The summed E-state index contributed by atoms with van der Waals surface area (Å²) in [5, 5.41) is 0. The normalized spacial score (nSPS) is 20.6. The number of alkyl halides is 1. The first-order valence-electron chi connectivity index (χ1n) is 5.74. The van der Waals surface area contributed by atoms with Crippen LogP contribution in [-0.4, -0.2) is 41.2 Å². The Bertz CT molecular complexity index is 435. The quantitative estimate of drug-likeness (QED) is 0.749. The smallest absolute Gasteiger partial charge is 0.293 e. The molecule has 1 aliphatic rings. The van der Waals surface area contributed by atoms with Crippen LogP contribution in [0, 0.1) is 0 Å². The molecule has 1 unspecified atom stereocenters. The molecule has 0 aromatic carbocycles. The molecule has 0 spiro atoms. The number of halogens is 1. The summed E-state index contributed by atoms with van der Waals surface area (Å²) in [5.74, 6) is 0.929. The predicted molar refractivity (Wildman–Crippen MR) is 66.8 cm³/mol. The zero-order valence-corrected chi connectivity index (χ0v) is 10.6. The van der Waals surface area contributed by atoms with Crippen LogP contribution in [-0.2, 0) is 11.3 Å². The lowest BCUT2D eigenvalue weighted by Crippen LogP contribution is -2.46. The maximum Gasteiger partial charge on any atom is 0.293 e. The van der Waals surface area contributed by atoms with Crippen molar-refractivity contribution in [1.29, 1.82) is 0 Å². The molecule has 0 radical (unpaired) electrons. The maximum atomic E-state index is 12.1. The van der Waals surface area contributed by atoms with Gasteiger partial charge < -0.3 is 14.2 Å². The van der Waals surface area contributed by atoms with E-state index in [1.54, 1.807) is 17.0 Å². The van der Waals surface area contributed by atoms with E-state index in [0.29, 0.717) is 37.9 Å². The van der Waals surface area contributed by atoms with E-state index in [2.05, 4.69) is 4.98 Å². The second-order valence-corrected chi connectivity index (χ2v) is 4.24. The Morgan fingerprint density at radius 3 is 3.18 bits per heavy atom. The molecule has 1 atom stereocenters. The minimum atomic E-state index is -0.0507. The van der Waals surface area contributed by atoms with Gasteiger partial charge in [-0.15, -0.1) is 11.6 Å². The summed E-state index contributed by atoms with van der Waals surface area (Å²) in [5.41, 5.74) is -0.0507. The van der Waals surface area contributed by atoms with Gasteiger partial charge in [-0.25, -0.2) is 4.98 Å². The Labute approximate surface area is 105 Å². The summed E-state index contributed by atoms with van der Waals surface area (Å²) in [6.07, 6.45) is 3.33. The Balaban J connectivity index is 2.24. The van der Waals surface area contributed by atoms with E-state index in [0.717, 1.165) is 0 Å². The summed E-state index contributed by atoms with van der Waals surface area (Å²) in [6, 6.07) is 0. The molecule has 0 aliphatic carbocycles. The Kier molecular flexibility index (Phi) is 4.02. The zero-order valence-electron chi connectivity index (χ0n) is 9.80. The molecule has 0 amide bonds. The summed E-state index contributed by atoms with van der Waals surface area (Å²) in [7, 11) is 0. The third kappa shape index (κ3) is 2.61. The van der Waals surface area contributed by atoms with Gasteiger partial charge in [-0.05, 0) is 6.92 Å². The Morgan fingerprint density at radius 2 is 2.47 bits per heavy atom.